The predicted molar refractivity (Wildman–Crippen MR) is 231 cm³/mol. The summed E-state index contributed by atoms with van der Waals surface area (Å²) in [6.45, 7) is 0.732. The third-order valence-electron chi connectivity index (χ3n) is 9.29. The number of nitrogens with zero attached hydrogens (tertiary/aromatic N) is 3. The van der Waals surface area contributed by atoms with Crippen LogP contribution in [0, 0.1) is 0 Å². The second kappa shape index (κ2) is 28.5. The van der Waals surface area contributed by atoms with Crippen LogP contribution < -0.4 is 60.6 Å². The van der Waals surface area contributed by atoms with Gasteiger partial charge in [0.15, 0.2) is 11.9 Å². The molecule has 8 atom stereocenters. The second-order valence-electron chi connectivity index (χ2n) is 14.5. The quantitative estimate of drug-likeness (QED) is 0.0143. The van der Waals surface area contributed by atoms with Crippen molar-refractivity contribution in [3.05, 3.63) is 0 Å². The molecule has 28 nitrogen and oxygen atoms in total. The van der Waals surface area contributed by atoms with Crippen LogP contribution in [0.4, 0.5) is 0 Å². The Morgan fingerprint density at radius 3 is 1.94 bits per heavy atom. The lowest BCUT2D eigenvalue weighted by molar-refractivity contribution is -0.143. The maximum Gasteiger partial charge on any atom is 0.469 e. The van der Waals surface area contributed by atoms with Crippen LogP contribution in [0.3, 0.4) is 0 Å². The Morgan fingerprint density at radius 2 is 1.39 bits per heavy atom. The molecule has 64 heavy (non-hydrogen) atoms. The number of nitrogens with two attached hydrogens (primary N) is 5. The number of phosphoric ester groups is 1. The number of nitrogens with one attached hydrogen (secondary N) is 6. The van der Waals surface area contributed by atoms with E-state index in [2.05, 4.69) is 46.4 Å². The van der Waals surface area contributed by atoms with Gasteiger partial charge in [0.2, 0.25) is 41.4 Å². The third-order valence-corrected chi connectivity index (χ3v) is 10.5. The molecule has 30 heteroatoms. The SMILES string of the molecule is CSCC[C@H](NC(=O)[C@H](CCCN=C(N)N)NC(=O)[C@H](C)NC(=O)[C@@H]1CCCN1C(=O)[C@H](CO)NC(=O)[C@@H](NC(=O)CNC(=O)[C@@H](N)CCCN=C(N)N)[C@@H](C)OP(=O)(O)O)C(=O)O. The van der Waals surface area contributed by atoms with E-state index < -0.39 is 117 Å². The van der Waals surface area contributed by atoms with E-state index >= 15 is 0 Å². The molecule has 1 rings (SSSR count). The van der Waals surface area contributed by atoms with Gasteiger partial charge in [-0.1, -0.05) is 0 Å². The molecule has 0 unspecified atom stereocenters. The number of carboxylic acid groups (broad SMARTS) is 1. The Hall–Kier alpha value is -5.32. The minimum absolute atomic E-state index is 0.0211. The highest BCUT2D eigenvalue weighted by Crippen LogP contribution is 2.38. The number of hydrogen-bond donors (Lipinski definition) is 15. The topological polar surface area (TPSA) is 474 Å². The fourth-order valence-corrected chi connectivity index (χ4v) is 7.03. The molecule has 1 fully saturated rings. The van der Waals surface area contributed by atoms with E-state index in [0.717, 1.165) is 11.8 Å². The van der Waals surface area contributed by atoms with Crippen molar-refractivity contribution in [1.29, 1.82) is 0 Å². The lowest BCUT2D eigenvalue weighted by Gasteiger charge is -2.30. The number of aliphatic hydroxyl groups is 1. The summed E-state index contributed by atoms with van der Waals surface area (Å²) in [6, 6.07) is -9.84. The number of thioether (sulfide) groups is 1. The molecule has 0 aromatic carbocycles. The number of phosphoric acid groups is 1. The normalized spacial score (nSPS) is 16.9. The van der Waals surface area contributed by atoms with Crippen molar-refractivity contribution < 1.29 is 67.4 Å². The van der Waals surface area contributed by atoms with Crippen LogP contribution in [0.1, 0.15) is 58.8 Å². The van der Waals surface area contributed by atoms with Crippen molar-refractivity contribution in [3.8, 4) is 0 Å². The Labute approximate surface area is 373 Å². The van der Waals surface area contributed by atoms with E-state index in [1.165, 1.54) is 18.7 Å². The van der Waals surface area contributed by atoms with Crippen molar-refractivity contribution >= 4 is 78.8 Å². The molecule has 7 amide bonds. The minimum Gasteiger partial charge on any atom is -0.480 e. The van der Waals surface area contributed by atoms with E-state index in [1.54, 1.807) is 6.26 Å². The zero-order valence-corrected chi connectivity index (χ0v) is 37.5. The Morgan fingerprint density at radius 1 is 0.812 bits per heavy atom. The third kappa shape index (κ3) is 21.4. The van der Waals surface area contributed by atoms with Gasteiger partial charge in [0.1, 0.15) is 36.3 Å². The zero-order valence-electron chi connectivity index (χ0n) is 35.8. The van der Waals surface area contributed by atoms with Gasteiger partial charge in [-0.25, -0.2) is 9.36 Å². The Kier molecular flexibility index (Phi) is 25.2. The maximum absolute atomic E-state index is 13.7. The highest BCUT2D eigenvalue weighted by Gasteiger charge is 2.40. The first-order valence-corrected chi connectivity index (χ1v) is 22.9. The smallest absolute Gasteiger partial charge is 0.469 e. The molecule has 0 aliphatic carbocycles. The van der Waals surface area contributed by atoms with E-state index in [9.17, 15) is 62.9 Å². The first-order valence-electron chi connectivity index (χ1n) is 19.9. The molecule has 1 aliphatic rings. The molecular weight excluding hydrogens is 891 g/mol. The molecule has 1 heterocycles. The van der Waals surface area contributed by atoms with Crippen molar-refractivity contribution in [3.63, 3.8) is 0 Å². The molecule has 20 N–H and O–H groups in total. The minimum atomic E-state index is -5.27. The molecule has 0 radical (unpaired) electrons. The maximum atomic E-state index is 13.7. The Bertz CT molecular complexity index is 1730. The fraction of sp³-hybridized carbons (Fsp3) is 0.706. The summed E-state index contributed by atoms with van der Waals surface area (Å²) in [4.78, 5) is 132. The number of carboxylic acids is 1. The Balaban J connectivity index is 3.09. The lowest BCUT2D eigenvalue weighted by atomic mass is 10.1. The van der Waals surface area contributed by atoms with Gasteiger partial charge >= 0.3 is 13.8 Å². The van der Waals surface area contributed by atoms with E-state index in [0.29, 0.717) is 12.2 Å². The van der Waals surface area contributed by atoms with Gasteiger partial charge in [0, 0.05) is 19.6 Å². The number of hydrogen-bond acceptors (Lipinski definition) is 15. The number of aliphatic carboxylic acids is 1. The van der Waals surface area contributed by atoms with Crippen LogP contribution in [0.15, 0.2) is 9.98 Å². The first kappa shape index (κ1) is 56.7. The van der Waals surface area contributed by atoms with Crippen LogP contribution in [-0.4, -0.2) is 177 Å². The molecule has 0 aromatic heterocycles. The molecule has 0 saturated carbocycles. The number of carbonyl (C=O) groups excluding carboxylic acids is 7. The summed E-state index contributed by atoms with van der Waals surface area (Å²) >= 11 is 1.37. The monoisotopic (exact) mass is 954 g/mol. The van der Waals surface area contributed by atoms with Crippen LogP contribution in [0.5, 0.6) is 0 Å². The van der Waals surface area contributed by atoms with Gasteiger partial charge in [-0.2, -0.15) is 11.8 Å². The van der Waals surface area contributed by atoms with Gasteiger partial charge in [0.25, 0.3) is 0 Å². The summed E-state index contributed by atoms with van der Waals surface area (Å²) in [5.74, 6) is -7.74. The predicted octanol–water partition coefficient (Wildman–Crippen LogP) is -6.70. The zero-order chi connectivity index (χ0) is 48.7. The number of aliphatic hydroxyl groups excluding tert-OH is 1. The fourth-order valence-electron chi connectivity index (χ4n) is 6.01. The van der Waals surface area contributed by atoms with Crippen LogP contribution in [0.25, 0.3) is 0 Å². The van der Waals surface area contributed by atoms with Crippen molar-refractivity contribution in [1.82, 2.24) is 36.8 Å². The first-order chi connectivity index (χ1) is 29.9. The molecule has 0 aromatic rings. The highest BCUT2D eigenvalue weighted by atomic mass is 32.2. The second-order valence-corrected chi connectivity index (χ2v) is 16.7. The number of carbonyl (C=O) groups is 8. The highest BCUT2D eigenvalue weighted by molar-refractivity contribution is 7.98. The van der Waals surface area contributed by atoms with E-state index in [1.807, 2.05) is 0 Å². The van der Waals surface area contributed by atoms with Gasteiger partial charge in [-0.05, 0) is 70.8 Å². The molecule has 1 saturated heterocycles. The van der Waals surface area contributed by atoms with Gasteiger partial charge in [-0.3, -0.25) is 48.1 Å². The largest absolute Gasteiger partial charge is 0.480 e. The number of aliphatic imine (C=N–C) groups is 2. The summed E-state index contributed by atoms with van der Waals surface area (Å²) < 4.78 is 16.2. The van der Waals surface area contributed by atoms with Crippen LogP contribution in [0.2, 0.25) is 0 Å². The average molecular weight is 955 g/mol. The molecule has 1 aliphatic heterocycles. The van der Waals surface area contributed by atoms with Crippen molar-refractivity contribution in [2.75, 3.05) is 44.8 Å². The molecular formula is C34H63N14O14PS. The van der Waals surface area contributed by atoms with Crippen LogP contribution in [-0.2, 0) is 47.4 Å². The summed E-state index contributed by atoms with van der Waals surface area (Å²) in [6.07, 6.45) is 1.09. The number of rotatable bonds is 29. The molecule has 0 bridgehead atoms. The number of amides is 7. The van der Waals surface area contributed by atoms with E-state index in [4.69, 9.17) is 28.7 Å². The average Bonchev–Trinajstić information content (AvgIpc) is 3.71. The molecule has 364 valence electrons. The van der Waals surface area contributed by atoms with Gasteiger partial charge in [0.05, 0.1) is 25.3 Å². The number of likely N-dealkylation sites (tertiary alicyclic amines) is 1. The van der Waals surface area contributed by atoms with Crippen molar-refractivity contribution in [2.24, 2.45) is 38.7 Å². The van der Waals surface area contributed by atoms with Gasteiger partial charge in [-0.15, -0.1) is 0 Å². The lowest BCUT2D eigenvalue weighted by Crippen LogP contribution is -2.61. The standard InChI is InChI=1S/C34H63N14O14PS/c1-17(26(51)44-20(8-5-12-41-34(38)39)28(53)45-21(32(57)58)10-14-64-3)43-29(54)23-9-6-13-48(23)31(56)22(16-49)46-30(55)25(18(2)62-63(59,60)61)47-24(50)15-42-27(52)19(35)7-4-11-40-33(36)37/h17-23,25,49H,4-16,35H2,1-3H3,(H,42,52)(H,43,54)(H,44,51)(H,45,53)(H,46,55)(H,47,50)(H,57,58)(H4,36,37,40)(H4,38,39,41)(H2,59,60,61)/t17-,18+,19-,20-,21-,22-,23-,25-/m0/s1. The summed E-state index contributed by atoms with van der Waals surface area (Å²) in [5.41, 5.74) is 27.0. The van der Waals surface area contributed by atoms with Gasteiger partial charge < -0.3 is 85.5 Å². The summed E-state index contributed by atoms with van der Waals surface area (Å²) in [7, 11) is -5.27. The molecule has 0 spiro atoms. The van der Waals surface area contributed by atoms with Crippen molar-refractivity contribution in [2.45, 2.75) is 107 Å². The van der Waals surface area contributed by atoms with Crippen LogP contribution >= 0.6 is 19.6 Å². The summed E-state index contributed by atoms with van der Waals surface area (Å²) in [5, 5.41) is 33.7. The van der Waals surface area contributed by atoms with E-state index in [-0.39, 0.29) is 70.1 Å². The number of guanidine groups is 2.